The highest BCUT2D eigenvalue weighted by molar-refractivity contribution is 9.10. The predicted octanol–water partition coefficient (Wildman–Crippen LogP) is 4.79. The van der Waals surface area contributed by atoms with Crippen molar-refractivity contribution >= 4 is 39.6 Å². The first kappa shape index (κ1) is 13.5. The largest absolute Gasteiger partial charge is 0.452 e. The van der Waals surface area contributed by atoms with Crippen LogP contribution in [0.2, 0.25) is 0 Å². The van der Waals surface area contributed by atoms with Crippen LogP contribution in [0.25, 0.3) is 6.08 Å². The van der Waals surface area contributed by atoms with E-state index in [4.69, 9.17) is 4.74 Å². The van der Waals surface area contributed by atoms with E-state index < -0.39 is 0 Å². The van der Waals surface area contributed by atoms with Crippen LogP contribution in [0, 0.1) is 0 Å². The van der Waals surface area contributed by atoms with Gasteiger partial charge in [0.2, 0.25) is 5.78 Å². The van der Waals surface area contributed by atoms with E-state index in [-0.39, 0.29) is 5.78 Å². The van der Waals surface area contributed by atoms with Crippen LogP contribution in [0.1, 0.15) is 15.9 Å². The number of ether oxygens (including phenoxy) is 1. The van der Waals surface area contributed by atoms with Crippen LogP contribution in [0.15, 0.2) is 57.6 Å². The van der Waals surface area contributed by atoms with E-state index in [0.717, 1.165) is 10.0 Å². The van der Waals surface area contributed by atoms with Crippen molar-refractivity contribution in [1.29, 1.82) is 0 Å². The van der Waals surface area contributed by atoms with Crippen LogP contribution in [0.5, 0.6) is 5.75 Å². The summed E-state index contributed by atoms with van der Waals surface area (Å²) in [5.74, 6) is 0.912. The topological polar surface area (TPSA) is 26.3 Å². The number of hydrogen-bond acceptors (Lipinski definition) is 3. The molecule has 0 radical (unpaired) electrons. The molecule has 0 amide bonds. The van der Waals surface area contributed by atoms with Crippen molar-refractivity contribution in [3.63, 3.8) is 0 Å². The minimum Gasteiger partial charge on any atom is -0.452 e. The first-order valence-corrected chi connectivity index (χ1v) is 8.07. The highest BCUT2D eigenvalue weighted by atomic mass is 79.9. The van der Waals surface area contributed by atoms with Gasteiger partial charge >= 0.3 is 0 Å². The monoisotopic (exact) mass is 346 g/mol. The Balaban J connectivity index is 1.92. The summed E-state index contributed by atoms with van der Waals surface area (Å²) in [5.41, 5.74) is 1.56. The summed E-state index contributed by atoms with van der Waals surface area (Å²) in [5, 5.41) is 0. The van der Waals surface area contributed by atoms with Gasteiger partial charge < -0.3 is 4.74 Å². The molecule has 0 bridgehead atoms. The number of hydrogen-bond donors (Lipinski definition) is 0. The lowest BCUT2D eigenvalue weighted by molar-refractivity contribution is 0.101. The summed E-state index contributed by atoms with van der Waals surface area (Å²) >= 11 is 5.05. The summed E-state index contributed by atoms with van der Waals surface area (Å²) in [4.78, 5) is 13.5. The normalized spacial score (nSPS) is 15.3. The van der Waals surface area contributed by atoms with Crippen molar-refractivity contribution in [2.24, 2.45) is 0 Å². The van der Waals surface area contributed by atoms with Gasteiger partial charge in [0.25, 0.3) is 0 Å². The Morgan fingerprint density at radius 1 is 1.15 bits per heavy atom. The Kier molecular flexibility index (Phi) is 3.68. The van der Waals surface area contributed by atoms with Gasteiger partial charge in [-0.2, -0.15) is 0 Å². The first-order valence-electron chi connectivity index (χ1n) is 6.05. The molecule has 0 atom stereocenters. The highest BCUT2D eigenvalue weighted by Crippen LogP contribution is 2.33. The molecule has 3 rings (SSSR count). The summed E-state index contributed by atoms with van der Waals surface area (Å²) in [6, 6.07) is 13.5. The van der Waals surface area contributed by atoms with Crippen molar-refractivity contribution < 1.29 is 9.53 Å². The highest BCUT2D eigenvalue weighted by Gasteiger charge is 2.27. The molecular weight excluding hydrogens is 336 g/mol. The molecule has 0 unspecified atom stereocenters. The second kappa shape index (κ2) is 5.46. The Morgan fingerprint density at radius 3 is 2.60 bits per heavy atom. The van der Waals surface area contributed by atoms with Crippen LogP contribution in [-0.4, -0.2) is 12.0 Å². The molecule has 0 aliphatic carbocycles. The Bertz CT molecular complexity index is 705. The van der Waals surface area contributed by atoms with E-state index in [9.17, 15) is 4.79 Å². The van der Waals surface area contributed by atoms with Crippen LogP contribution in [0.4, 0.5) is 0 Å². The Labute approximate surface area is 130 Å². The second-order valence-corrected chi connectivity index (χ2v) is 6.15. The Hall–Kier alpha value is -1.52. The molecular formula is C16H11BrO2S. The molecule has 4 heteroatoms. The molecule has 1 aliphatic heterocycles. The summed E-state index contributed by atoms with van der Waals surface area (Å²) in [6.45, 7) is 0. The van der Waals surface area contributed by atoms with E-state index in [1.54, 1.807) is 30.0 Å². The zero-order chi connectivity index (χ0) is 14.1. The van der Waals surface area contributed by atoms with Gasteiger partial charge in [0.1, 0.15) is 5.75 Å². The van der Waals surface area contributed by atoms with Gasteiger partial charge in [-0.05, 0) is 48.2 Å². The van der Waals surface area contributed by atoms with Crippen molar-refractivity contribution in [2.75, 3.05) is 6.26 Å². The van der Waals surface area contributed by atoms with Gasteiger partial charge in [-0.25, -0.2) is 0 Å². The lowest BCUT2D eigenvalue weighted by atomic mass is 10.1. The molecule has 0 N–H and O–H groups in total. The number of carbonyl (C=O) groups excluding carboxylic acids is 1. The van der Waals surface area contributed by atoms with Gasteiger partial charge in [0, 0.05) is 9.37 Å². The molecule has 2 aromatic rings. The van der Waals surface area contributed by atoms with Crippen LogP contribution in [0.3, 0.4) is 0 Å². The Morgan fingerprint density at radius 2 is 1.90 bits per heavy atom. The first-order chi connectivity index (χ1) is 9.67. The maximum absolute atomic E-state index is 12.3. The lowest BCUT2D eigenvalue weighted by Gasteiger charge is -2.00. The fourth-order valence-electron chi connectivity index (χ4n) is 2.01. The van der Waals surface area contributed by atoms with Gasteiger partial charge in [0.05, 0.1) is 5.56 Å². The van der Waals surface area contributed by atoms with Crippen LogP contribution >= 0.6 is 27.7 Å². The molecule has 1 heterocycles. The van der Waals surface area contributed by atoms with Crippen LogP contribution in [-0.2, 0) is 0 Å². The molecule has 100 valence electrons. The average Bonchev–Trinajstić information content (AvgIpc) is 2.76. The van der Waals surface area contributed by atoms with Crippen molar-refractivity contribution in [3.05, 3.63) is 63.8 Å². The second-order valence-electron chi connectivity index (χ2n) is 4.35. The number of Topliss-reactive ketones (excluding diaryl/α,β-unsaturated/α-hetero) is 1. The SMILES string of the molecule is CSc1ccc(/C=C2\Oc3ccc(Br)cc3C2=O)cc1. The summed E-state index contributed by atoms with van der Waals surface area (Å²) in [6.07, 6.45) is 3.81. The van der Waals surface area contributed by atoms with E-state index >= 15 is 0 Å². The lowest BCUT2D eigenvalue weighted by Crippen LogP contribution is -1.98. The quantitative estimate of drug-likeness (QED) is 0.577. The molecule has 0 aromatic heterocycles. The number of ketones is 1. The minimum absolute atomic E-state index is 0.0738. The number of allylic oxidation sites excluding steroid dienone is 1. The van der Waals surface area contributed by atoms with Crippen molar-refractivity contribution in [1.82, 2.24) is 0 Å². The summed E-state index contributed by atoms with van der Waals surface area (Å²) < 4.78 is 6.49. The van der Waals surface area contributed by atoms with Crippen molar-refractivity contribution in [3.8, 4) is 5.75 Å². The van der Waals surface area contributed by atoms with Crippen molar-refractivity contribution in [2.45, 2.75) is 4.90 Å². The third-order valence-electron chi connectivity index (χ3n) is 3.04. The van der Waals surface area contributed by atoms with Crippen LogP contribution < -0.4 is 4.74 Å². The van der Waals surface area contributed by atoms with E-state index in [1.807, 2.05) is 36.6 Å². The number of halogens is 1. The zero-order valence-electron chi connectivity index (χ0n) is 10.7. The third kappa shape index (κ3) is 2.53. The standard InChI is InChI=1S/C16H11BrO2S/c1-20-12-5-2-10(3-6-12)8-15-16(18)13-9-11(17)4-7-14(13)19-15/h2-9H,1H3/b15-8-. The molecule has 0 fully saturated rings. The molecule has 2 nitrogen and oxygen atoms in total. The number of benzene rings is 2. The maximum Gasteiger partial charge on any atom is 0.232 e. The number of thioether (sulfide) groups is 1. The average molecular weight is 347 g/mol. The van der Waals surface area contributed by atoms with E-state index in [0.29, 0.717) is 17.1 Å². The van der Waals surface area contributed by atoms with Gasteiger partial charge in [-0.15, -0.1) is 11.8 Å². The molecule has 0 saturated carbocycles. The fraction of sp³-hybridized carbons (Fsp3) is 0.0625. The third-order valence-corrected chi connectivity index (χ3v) is 4.28. The van der Waals surface area contributed by atoms with Gasteiger partial charge in [-0.1, -0.05) is 28.1 Å². The minimum atomic E-state index is -0.0738. The molecule has 2 aromatic carbocycles. The predicted molar refractivity (Wildman–Crippen MR) is 85.3 cm³/mol. The fourth-order valence-corrected chi connectivity index (χ4v) is 2.78. The molecule has 20 heavy (non-hydrogen) atoms. The zero-order valence-corrected chi connectivity index (χ0v) is 13.1. The van der Waals surface area contributed by atoms with E-state index in [1.165, 1.54) is 4.90 Å². The van der Waals surface area contributed by atoms with Gasteiger partial charge in [-0.3, -0.25) is 4.79 Å². The molecule has 1 aliphatic rings. The maximum atomic E-state index is 12.3. The number of carbonyl (C=O) groups is 1. The molecule has 0 saturated heterocycles. The molecule has 0 spiro atoms. The smallest absolute Gasteiger partial charge is 0.232 e. The summed E-state index contributed by atoms with van der Waals surface area (Å²) in [7, 11) is 0. The number of rotatable bonds is 2. The van der Waals surface area contributed by atoms with E-state index in [2.05, 4.69) is 15.9 Å². The number of fused-ring (bicyclic) bond motifs is 1. The van der Waals surface area contributed by atoms with Gasteiger partial charge in [0.15, 0.2) is 5.76 Å².